The van der Waals surface area contributed by atoms with Crippen molar-refractivity contribution in [3.05, 3.63) is 84.6 Å². The summed E-state index contributed by atoms with van der Waals surface area (Å²) in [7, 11) is -2.11. The molecule has 0 aliphatic carbocycles. The van der Waals surface area contributed by atoms with Crippen LogP contribution in [0.2, 0.25) is 0 Å². The molecule has 7 nitrogen and oxygen atoms in total. The zero-order valence-corrected chi connectivity index (χ0v) is 18.5. The van der Waals surface area contributed by atoms with Gasteiger partial charge in [-0.15, -0.1) is 0 Å². The summed E-state index contributed by atoms with van der Waals surface area (Å²) in [6.45, 7) is 2.09. The van der Waals surface area contributed by atoms with E-state index in [1.165, 1.54) is 6.07 Å². The third kappa shape index (κ3) is 4.47. The molecule has 0 spiro atoms. The number of aliphatic hydroxyl groups is 1. The van der Waals surface area contributed by atoms with Crippen molar-refractivity contribution in [1.29, 1.82) is 0 Å². The summed E-state index contributed by atoms with van der Waals surface area (Å²) >= 11 is 0. The largest absolute Gasteiger partial charge is 0.492 e. The van der Waals surface area contributed by atoms with Gasteiger partial charge >= 0.3 is 0 Å². The van der Waals surface area contributed by atoms with Gasteiger partial charge in [-0.25, -0.2) is 8.42 Å². The lowest BCUT2D eigenvalue weighted by Gasteiger charge is -2.19. The fourth-order valence-electron chi connectivity index (χ4n) is 3.40. The van der Waals surface area contributed by atoms with Crippen LogP contribution in [0.5, 0.6) is 5.75 Å². The van der Waals surface area contributed by atoms with E-state index in [2.05, 4.69) is 4.72 Å². The van der Waals surface area contributed by atoms with E-state index in [9.17, 15) is 13.5 Å². The standard InChI is InChI=1S/C24H24N2O5S/c1-3-30-20-11-7-8-12-23(20)32(28,29)25-24(27)22-15-17-13-14-19(16-21(17)31-22)26(2)18-9-5-4-6-10-18/h4-16,24-25,27H,3H2,1-2H3. The number of ether oxygens (including phenoxy) is 1. The third-order valence-electron chi connectivity index (χ3n) is 5.03. The van der Waals surface area contributed by atoms with Gasteiger partial charge in [0.2, 0.25) is 10.0 Å². The summed E-state index contributed by atoms with van der Waals surface area (Å²) < 4.78 is 39.1. The lowest BCUT2D eigenvalue weighted by Crippen LogP contribution is -2.28. The number of hydrogen-bond donors (Lipinski definition) is 2. The van der Waals surface area contributed by atoms with Crippen LogP contribution >= 0.6 is 0 Å². The Labute approximate surface area is 186 Å². The number of para-hydroxylation sites is 2. The first kappa shape index (κ1) is 21.9. The number of anilines is 2. The van der Waals surface area contributed by atoms with E-state index in [-0.39, 0.29) is 16.4 Å². The normalized spacial score (nSPS) is 12.6. The molecule has 0 radical (unpaired) electrons. The molecule has 4 rings (SSSR count). The predicted octanol–water partition coefficient (Wildman–Crippen LogP) is 4.57. The van der Waals surface area contributed by atoms with E-state index in [1.807, 2.05) is 60.5 Å². The summed E-state index contributed by atoms with van der Waals surface area (Å²) in [5.41, 5.74) is 2.44. The lowest BCUT2D eigenvalue weighted by atomic mass is 10.2. The molecule has 3 aromatic carbocycles. The van der Waals surface area contributed by atoms with Crippen LogP contribution < -0.4 is 14.4 Å². The fourth-order valence-corrected chi connectivity index (χ4v) is 4.59. The number of rotatable bonds is 8. The van der Waals surface area contributed by atoms with E-state index in [0.29, 0.717) is 12.2 Å². The number of aliphatic hydroxyl groups excluding tert-OH is 1. The molecule has 8 heteroatoms. The number of nitrogens with zero attached hydrogens (tertiary/aromatic N) is 1. The minimum atomic E-state index is -4.05. The van der Waals surface area contributed by atoms with Crippen LogP contribution in [0.1, 0.15) is 18.9 Å². The molecule has 1 heterocycles. The highest BCUT2D eigenvalue weighted by atomic mass is 32.2. The van der Waals surface area contributed by atoms with Gasteiger partial charge in [-0.1, -0.05) is 30.3 Å². The van der Waals surface area contributed by atoms with E-state index in [4.69, 9.17) is 9.15 Å². The second kappa shape index (κ2) is 9.04. The maximum absolute atomic E-state index is 12.8. The predicted molar refractivity (Wildman–Crippen MR) is 124 cm³/mol. The Morgan fingerprint density at radius 1 is 1.00 bits per heavy atom. The van der Waals surface area contributed by atoms with Gasteiger partial charge in [0.05, 0.1) is 6.61 Å². The average molecular weight is 453 g/mol. The van der Waals surface area contributed by atoms with Gasteiger partial charge in [0.15, 0.2) is 6.23 Å². The van der Waals surface area contributed by atoms with E-state index < -0.39 is 16.3 Å². The first-order chi connectivity index (χ1) is 15.4. The Bertz CT molecular complexity index is 1320. The van der Waals surface area contributed by atoms with Crippen LogP contribution in [0.25, 0.3) is 11.0 Å². The summed E-state index contributed by atoms with van der Waals surface area (Å²) in [5.74, 6) is 0.310. The van der Waals surface area contributed by atoms with Gasteiger partial charge in [0.25, 0.3) is 0 Å². The van der Waals surface area contributed by atoms with Crippen molar-refractivity contribution in [1.82, 2.24) is 4.72 Å². The highest BCUT2D eigenvalue weighted by molar-refractivity contribution is 7.89. The smallest absolute Gasteiger partial charge is 0.246 e. The Hall–Kier alpha value is -3.33. The van der Waals surface area contributed by atoms with Gasteiger partial charge < -0.3 is 19.2 Å². The summed E-state index contributed by atoms with van der Waals surface area (Å²) in [5, 5.41) is 11.3. The van der Waals surface area contributed by atoms with E-state index in [1.54, 1.807) is 31.2 Å². The molecule has 0 saturated carbocycles. The zero-order chi connectivity index (χ0) is 22.7. The van der Waals surface area contributed by atoms with Crippen molar-refractivity contribution in [3.8, 4) is 5.75 Å². The van der Waals surface area contributed by atoms with Crippen molar-refractivity contribution in [2.75, 3.05) is 18.6 Å². The first-order valence-corrected chi connectivity index (χ1v) is 11.6. The van der Waals surface area contributed by atoms with Crippen LogP contribution in [-0.4, -0.2) is 27.2 Å². The third-order valence-corrected chi connectivity index (χ3v) is 6.48. The van der Waals surface area contributed by atoms with Crippen molar-refractivity contribution in [2.45, 2.75) is 18.0 Å². The highest BCUT2D eigenvalue weighted by Gasteiger charge is 2.25. The summed E-state index contributed by atoms with van der Waals surface area (Å²) in [4.78, 5) is 1.95. The molecule has 0 fully saturated rings. The van der Waals surface area contributed by atoms with Gasteiger partial charge in [-0.3, -0.25) is 0 Å². The van der Waals surface area contributed by atoms with E-state index in [0.717, 1.165) is 16.8 Å². The number of nitrogens with one attached hydrogen (secondary N) is 1. The average Bonchev–Trinajstić information content (AvgIpc) is 3.23. The van der Waals surface area contributed by atoms with Crippen molar-refractivity contribution >= 4 is 32.4 Å². The number of fused-ring (bicyclic) bond motifs is 1. The molecule has 4 aromatic rings. The summed E-state index contributed by atoms with van der Waals surface area (Å²) in [6.07, 6.45) is -1.56. The van der Waals surface area contributed by atoms with Crippen LogP contribution in [0, 0.1) is 0 Å². The topological polar surface area (TPSA) is 92.0 Å². The molecule has 1 atom stereocenters. The Morgan fingerprint density at radius 3 is 2.47 bits per heavy atom. The molecule has 0 saturated heterocycles. The number of benzene rings is 3. The van der Waals surface area contributed by atoms with Crippen LogP contribution in [0.4, 0.5) is 11.4 Å². The van der Waals surface area contributed by atoms with Crippen LogP contribution in [0.3, 0.4) is 0 Å². The second-order valence-electron chi connectivity index (χ2n) is 7.17. The maximum atomic E-state index is 12.8. The van der Waals surface area contributed by atoms with Crippen molar-refractivity contribution < 1.29 is 22.7 Å². The van der Waals surface area contributed by atoms with Gasteiger partial charge in [0, 0.05) is 29.9 Å². The minimum absolute atomic E-state index is 0.0521. The minimum Gasteiger partial charge on any atom is -0.492 e. The number of furan rings is 1. The monoisotopic (exact) mass is 452 g/mol. The molecule has 0 bridgehead atoms. The van der Waals surface area contributed by atoms with E-state index >= 15 is 0 Å². The van der Waals surface area contributed by atoms with Gasteiger partial charge in [0.1, 0.15) is 22.0 Å². The highest BCUT2D eigenvalue weighted by Crippen LogP contribution is 2.31. The molecule has 1 aromatic heterocycles. The second-order valence-corrected chi connectivity index (χ2v) is 8.85. The fraction of sp³-hybridized carbons (Fsp3) is 0.167. The van der Waals surface area contributed by atoms with Crippen LogP contribution in [0.15, 0.2) is 88.2 Å². The van der Waals surface area contributed by atoms with Crippen molar-refractivity contribution in [3.63, 3.8) is 0 Å². The first-order valence-electron chi connectivity index (χ1n) is 10.1. The SMILES string of the molecule is CCOc1ccccc1S(=O)(=O)NC(O)c1cc2ccc(N(C)c3ccccc3)cc2o1. The molecule has 0 aliphatic rings. The molecule has 166 valence electrons. The Balaban J connectivity index is 1.58. The molecular weight excluding hydrogens is 428 g/mol. The van der Waals surface area contributed by atoms with Gasteiger partial charge in [-0.2, -0.15) is 4.72 Å². The quantitative estimate of drug-likeness (QED) is 0.381. The van der Waals surface area contributed by atoms with Crippen molar-refractivity contribution in [2.24, 2.45) is 0 Å². The zero-order valence-electron chi connectivity index (χ0n) is 17.7. The molecule has 0 amide bonds. The molecular formula is C24H24N2O5S. The molecule has 2 N–H and O–H groups in total. The lowest BCUT2D eigenvalue weighted by molar-refractivity contribution is 0.141. The summed E-state index contributed by atoms with van der Waals surface area (Å²) in [6, 6.07) is 23.4. The number of hydrogen-bond acceptors (Lipinski definition) is 6. The molecule has 0 aliphatic heterocycles. The van der Waals surface area contributed by atoms with Gasteiger partial charge in [-0.05, 0) is 49.4 Å². The Morgan fingerprint density at radius 2 is 1.72 bits per heavy atom. The molecule has 1 unspecified atom stereocenters. The molecule has 32 heavy (non-hydrogen) atoms. The van der Waals surface area contributed by atoms with Crippen LogP contribution in [-0.2, 0) is 10.0 Å². The maximum Gasteiger partial charge on any atom is 0.246 e. The number of sulfonamides is 1. The Kier molecular flexibility index (Phi) is 6.18.